The SMILES string of the molecule is BC/C=C/I. The average Bonchev–Trinajstić information content (AvgIpc) is 1.41. The molecule has 0 aromatic carbocycles. The van der Waals surface area contributed by atoms with Crippen LogP contribution in [-0.2, 0) is 0 Å². The Hall–Kier alpha value is 0.535. The Morgan fingerprint density at radius 2 is 2.40 bits per heavy atom. The summed E-state index contributed by atoms with van der Waals surface area (Å²) in [5.41, 5.74) is 0. The molecule has 0 nitrogen and oxygen atoms in total. The van der Waals surface area contributed by atoms with E-state index in [2.05, 4.69) is 36.5 Å². The number of rotatable bonds is 1. The molecular weight excluding hydrogens is 174 g/mol. The molecule has 0 aliphatic heterocycles. The van der Waals surface area contributed by atoms with E-state index in [1.165, 1.54) is 0 Å². The largest absolute Gasteiger partial charge is 0.106 e. The molecular formula is C3H6BI. The average molecular weight is 180 g/mol. The van der Waals surface area contributed by atoms with E-state index in [1.807, 2.05) is 4.08 Å². The number of halogens is 1. The summed E-state index contributed by atoms with van der Waals surface area (Å²) in [6.07, 6.45) is 3.27. The summed E-state index contributed by atoms with van der Waals surface area (Å²) in [6.45, 7) is 0. The highest BCUT2D eigenvalue weighted by Gasteiger charge is 1.54. The first kappa shape index (κ1) is 5.53. The number of hydrogen-bond acceptors (Lipinski definition) is 0. The van der Waals surface area contributed by atoms with E-state index >= 15 is 0 Å². The maximum Gasteiger partial charge on any atom is 0.106 e. The van der Waals surface area contributed by atoms with Gasteiger partial charge in [0.1, 0.15) is 7.85 Å². The van der Waals surface area contributed by atoms with Crippen LogP contribution in [0.2, 0.25) is 6.32 Å². The summed E-state index contributed by atoms with van der Waals surface area (Å²) in [6, 6.07) is 0. The molecule has 0 spiro atoms. The molecule has 0 N–H and O–H groups in total. The van der Waals surface area contributed by atoms with Gasteiger partial charge in [-0.25, -0.2) is 0 Å². The predicted molar refractivity (Wildman–Crippen MR) is 36.5 cm³/mol. The maximum absolute atomic E-state index is 2.21. The lowest BCUT2D eigenvalue weighted by Gasteiger charge is -1.62. The van der Waals surface area contributed by atoms with Gasteiger partial charge in [-0.05, 0) is 4.08 Å². The van der Waals surface area contributed by atoms with Crippen molar-refractivity contribution >= 4 is 30.4 Å². The second-order valence-corrected chi connectivity index (χ2v) is 1.49. The Morgan fingerprint density at radius 3 is 2.40 bits per heavy atom. The topological polar surface area (TPSA) is 0 Å². The van der Waals surface area contributed by atoms with Crippen molar-refractivity contribution in [3.05, 3.63) is 10.2 Å². The summed E-state index contributed by atoms with van der Waals surface area (Å²) in [5, 5.41) is 0. The van der Waals surface area contributed by atoms with Gasteiger partial charge < -0.3 is 0 Å². The normalized spacial score (nSPS) is 9.80. The molecule has 0 bridgehead atoms. The zero-order valence-electron chi connectivity index (χ0n) is 3.24. The lowest BCUT2D eigenvalue weighted by molar-refractivity contribution is 1.76. The molecule has 28 valence electrons. The Kier molecular flexibility index (Phi) is 5.02. The van der Waals surface area contributed by atoms with Crippen LogP contribution in [0.25, 0.3) is 0 Å². The number of allylic oxidation sites excluding steroid dienone is 1. The highest BCUT2D eigenvalue weighted by molar-refractivity contribution is 14.1. The molecule has 0 saturated carbocycles. The minimum Gasteiger partial charge on any atom is -0.0863 e. The highest BCUT2D eigenvalue weighted by atomic mass is 127. The van der Waals surface area contributed by atoms with Gasteiger partial charge in [-0.2, -0.15) is 0 Å². The fourth-order valence-electron chi connectivity index (χ4n) is 0.0891. The van der Waals surface area contributed by atoms with Crippen LogP contribution >= 0.6 is 22.6 Å². The molecule has 0 aliphatic carbocycles. The summed E-state index contributed by atoms with van der Waals surface area (Å²) >= 11 is 2.21. The lowest BCUT2D eigenvalue weighted by Crippen LogP contribution is -1.49. The number of hydrogen-bond donors (Lipinski definition) is 0. The zero-order valence-corrected chi connectivity index (χ0v) is 5.40. The van der Waals surface area contributed by atoms with Gasteiger partial charge in [-0.1, -0.05) is 35.0 Å². The third kappa shape index (κ3) is 4.53. The molecule has 5 heavy (non-hydrogen) atoms. The van der Waals surface area contributed by atoms with E-state index in [4.69, 9.17) is 0 Å². The Morgan fingerprint density at radius 1 is 1.80 bits per heavy atom. The van der Waals surface area contributed by atoms with Crippen molar-refractivity contribution in [1.82, 2.24) is 0 Å². The van der Waals surface area contributed by atoms with Gasteiger partial charge in [0.15, 0.2) is 0 Å². The first-order chi connectivity index (χ1) is 2.41. The fraction of sp³-hybridized carbons (Fsp3) is 0.333. The molecule has 0 aliphatic rings. The van der Waals surface area contributed by atoms with Crippen molar-refractivity contribution < 1.29 is 0 Å². The van der Waals surface area contributed by atoms with Gasteiger partial charge in [-0.15, -0.1) is 0 Å². The van der Waals surface area contributed by atoms with Gasteiger partial charge in [-0.3, -0.25) is 0 Å². The van der Waals surface area contributed by atoms with Crippen molar-refractivity contribution in [2.75, 3.05) is 0 Å². The monoisotopic (exact) mass is 180 g/mol. The third-order valence-corrected chi connectivity index (χ3v) is 0.833. The van der Waals surface area contributed by atoms with Gasteiger partial charge in [0, 0.05) is 0 Å². The standard InChI is InChI=1S/C3H6BI/c4-2-1-3-5/h1,3H,2,4H2/b3-1+. The Labute approximate surface area is 47.2 Å². The Balaban J connectivity index is 2.62. The molecule has 0 radical (unpaired) electrons. The van der Waals surface area contributed by atoms with Crippen LogP contribution in [0.5, 0.6) is 0 Å². The van der Waals surface area contributed by atoms with Crippen molar-refractivity contribution in [3.63, 3.8) is 0 Å². The molecule has 0 fully saturated rings. The van der Waals surface area contributed by atoms with Crippen LogP contribution in [-0.4, -0.2) is 7.85 Å². The molecule has 2 heteroatoms. The van der Waals surface area contributed by atoms with Gasteiger partial charge >= 0.3 is 0 Å². The van der Waals surface area contributed by atoms with Gasteiger partial charge in [0.05, 0.1) is 0 Å². The van der Waals surface area contributed by atoms with Gasteiger partial charge in [0.2, 0.25) is 0 Å². The van der Waals surface area contributed by atoms with Gasteiger partial charge in [0.25, 0.3) is 0 Å². The molecule has 0 saturated heterocycles. The van der Waals surface area contributed by atoms with Crippen LogP contribution in [0.15, 0.2) is 10.2 Å². The maximum atomic E-state index is 2.21. The summed E-state index contributed by atoms with van der Waals surface area (Å²) in [7, 11) is 2.12. The lowest BCUT2D eigenvalue weighted by atomic mass is 10.1. The fourth-order valence-corrected chi connectivity index (χ4v) is 0.598. The first-order valence-electron chi connectivity index (χ1n) is 1.67. The molecule has 0 unspecified atom stereocenters. The molecule has 0 heterocycles. The Bertz CT molecular complexity index is 33.9. The minimum absolute atomic E-state index is 1.16. The molecule has 0 amide bonds. The van der Waals surface area contributed by atoms with Crippen LogP contribution in [0, 0.1) is 0 Å². The van der Waals surface area contributed by atoms with E-state index in [9.17, 15) is 0 Å². The van der Waals surface area contributed by atoms with E-state index in [1.54, 1.807) is 0 Å². The van der Waals surface area contributed by atoms with Crippen molar-refractivity contribution in [3.8, 4) is 0 Å². The van der Waals surface area contributed by atoms with Crippen LogP contribution in [0.3, 0.4) is 0 Å². The predicted octanol–water partition coefficient (Wildman–Crippen LogP) is 0.986. The summed E-state index contributed by atoms with van der Waals surface area (Å²) in [4.78, 5) is 0. The zero-order chi connectivity index (χ0) is 4.12. The van der Waals surface area contributed by atoms with E-state index in [0.29, 0.717) is 0 Å². The van der Waals surface area contributed by atoms with Crippen LogP contribution < -0.4 is 0 Å². The minimum atomic E-state index is 1.16. The van der Waals surface area contributed by atoms with Crippen molar-refractivity contribution in [1.29, 1.82) is 0 Å². The first-order valence-corrected chi connectivity index (χ1v) is 2.91. The van der Waals surface area contributed by atoms with Crippen LogP contribution in [0.4, 0.5) is 0 Å². The second-order valence-electron chi connectivity index (χ2n) is 0.770. The molecule has 0 atom stereocenters. The smallest absolute Gasteiger partial charge is 0.0863 e. The van der Waals surface area contributed by atoms with Crippen molar-refractivity contribution in [2.24, 2.45) is 0 Å². The van der Waals surface area contributed by atoms with E-state index in [0.717, 1.165) is 6.32 Å². The van der Waals surface area contributed by atoms with Crippen molar-refractivity contribution in [2.45, 2.75) is 6.32 Å². The van der Waals surface area contributed by atoms with E-state index in [-0.39, 0.29) is 0 Å². The van der Waals surface area contributed by atoms with E-state index < -0.39 is 0 Å². The molecule has 0 rings (SSSR count). The van der Waals surface area contributed by atoms with Crippen LogP contribution in [0.1, 0.15) is 0 Å². The third-order valence-electron chi connectivity index (χ3n) is 0.325. The highest BCUT2D eigenvalue weighted by Crippen LogP contribution is 1.83. The summed E-state index contributed by atoms with van der Waals surface area (Å²) < 4.78 is 2.03. The summed E-state index contributed by atoms with van der Waals surface area (Å²) in [5.74, 6) is 0. The quantitative estimate of drug-likeness (QED) is 0.416. The molecule has 0 aromatic heterocycles. The second kappa shape index (κ2) is 4.53. The molecule has 0 aromatic rings.